The topological polar surface area (TPSA) is 154 Å². The van der Waals surface area contributed by atoms with Gasteiger partial charge in [0.05, 0.1) is 46.0 Å². The van der Waals surface area contributed by atoms with Crippen molar-refractivity contribution in [3.8, 4) is 17.6 Å². The molecule has 4 aromatic rings. The molecular weight excluding hydrogens is 711 g/mol. The summed E-state index contributed by atoms with van der Waals surface area (Å²) in [5.41, 5.74) is 0.269. The van der Waals surface area contributed by atoms with Gasteiger partial charge in [0.1, 0.15) is 29.4 Å². The lowest BCUT2D eigenvalue weighted by Gasteiger charge is -2.40. The molecule has 13 nitrogen and oxygen atoms in total. The SMILES string of the molecule is COc1ccc(C(O[C@H]2C[C@H](n3cc(C)c(=O)[nH]c3=O)O[C@@H]2COP(=O)(OCCC#N)N(C(C)C)C(C)C)(c2ccccc2)c2ccc(OC)cc2)cc1. The summed E-state index contributed by atoms with van der Waals surface area (Å²) in [6.07, 6.45) is -0.961. The van der Waals surface area contributed by atoms with E-state index in [1.165, 1.54) is 10.8 Å². The number of hydrogen-bond acceptors (Lipinski definition) is 10. The number of nitriles is 1. The van der Waals surface area contributed by atoms with E-state index in [0.29, 0.717) is 17.1 Å². The van der Waals surface area contributed by atoms with Gasteiger partial charge in [-0.05, 0) is 75.6 Å². The minimum absolute atomic E-state index is 0.0168. The molecule has 4 atom stereocenters. The Kier molecular flexibility index (Phi) is 13.3. The standard InChI is InChI=1S/C40H49N4O9P/c1-27(2)44(28(3)4)54(47,50-23-11-22-41)51-26-36-35(24-37(52-36)43-25-29(5)38(45)42-39(43)46)53-40(30-12-9-8-10-13-30,31-14-18-33(48-6)19-15-31)32-16-20-34(49-7)21-17-32/h8-10,12-21,25,27-28,35-37H,11,23-24,26H2,1-7H3,(H,42,45,46)/t35-,36+,37+,54?/m0/s1. The van der Waals surface area contributed by atoms with Crippen LogP contribution < -0.4 is 20.7 Å². The average molecular weight is 761 g/mol. The Morgan fingerprint density at radius 2 is 1.46 bits per heavy atom. The number of aromatic nitrogens is 2. The first kappa shape index (κ1) is 40.6. The monoisotopic (exact) mass is 760 g/mol. The molecular formula is C40H49N4O9P. The van der Waals surface area contributed by atoms with Crippen molar-refractivity contribution in [1.29, 1.82) is 5.26 Å². The van der Waals surface area contributed by atoms with Gasteiger partial charge in [-0.15, -0.1) is 0 Å². The van der Waals surface area contributed by atoms with Gasteiger partial charge >= 0.3 is 13.4 Å². The Morgan fingerprint density at radius 1 is 0.907 bits per heavy atom. The molecule has 1 saturated heterocycles. The number of ether oxygens (including phenoxy) is 4. The molecule has 0 amide bonds. The molecule has 2 heterocycles. The zero-order chi connectivity index (χ0) is 39.0. The molecule has 0 aliphatic carbocycles. The molecule has 14 heteroatoms. The smallest absolute Gasteiger partial charge is 0.408 e. The number of nitrogens with one attached hydrogen (secondary N) is 1. The van der Waals surface area contributed by atoms with Crippen molar-refractivity contribution in [2.24, 2.45) is 0 Å². The van der Waals surface area contributed by atoms with Gasteiger partial charge in [-0.2, -0.15) is 5.26 Å². The lowest BCUT2D eigenvalue weighted by molar-refractivity contribution is -0.0987. The van der Waals surface area contributed by atoms with Crippen LogP contribution in [0.2, 0.25) is 0 Å². The maximum absolute atomic E-state index is 14.6. The molecule has 0 bridgehead atoms. The highest BCUT2D eigenvalue weighted by Crippen LogP contribution is 2.55. The number of hydrogen-bond donors (Lipinski definition) is 1. The summed E-state index contributed by atoms with van der Waals surface area (Å²) in [7, 11) is -0.806. The largest absolute Gasteiger partial charge is 0.497 e. The van der Waals surface area contributed by atoms with E-state index in [1.807, 2.05) is 113 Å². The van der Waals surface area contributed by atoms with Crippen molar-refractivity contribution in [1.82, 2.24) is 14.2 Å². The summed E-state index contributed by atoms with van der Waals surface area (Å²) in [5, 5.41) is 9.23. The van der Waals surface area contributed by atoms with Crippen LogP contribution in [0.25, 0.3) is 0 Å². The van der Waals surface area contributed by atoms with Crippen LogP contribution >= 0.6 is 7.75 Å². The number of H-pyrrole nitrogens is 1. The summed E-state index contributed by atoms with van der Waals surface area (Å²) in [5.74, 6) is 1.32. The minimum atomic E-state index is -4.01. The predicted molar refractivity (Wildman–Crippen MR) is 204 cm³/mol. The Bertz CT molecular complexity index is 1990. The van der Waals surface area contributed by atoms with Gasteiger partial charge in [0, 0.05) is 30.3 Å². The van der Waals surface area contributed by atoms with Crippen molar-refractivity contribution in [2.75, 3.05) is 27.4 Å². The molecule has 1 aliphatic rings. The first-order valence-electron chi connectivity index (χ1n) is 17.9. The quantitative estimate of drug-likeness (QED) is 0.0695. The third-order valence-corrected chi connectivity index (χ3v) is 11.8. The molecule has 1 N–H and O–H groups in total. The molecule has 1 unspecified atom stereocenters. The van der Waals surface area contributed by atoms with Gasteiger partial charge < -0.3 is 18.9 Å². The van der Waals surface area contributed by atoms with Crippen LogP contribution in [0.4, 0.5) is 0 Å². The fraction of sp³-hybridized carbons (Fsp3) is 0.425. The van der Waals surface area contributed by atoms with E-state index in [4.69, 9.17) is 28.0 Å². The zero-order valence-corrected chi connectivity index (χ0v) is 32.7. The van der Waals surface area contributed by atoms with E-state index in [1.54, 1.807) is 25.8 Å². The van der Waals surface area contributed by atoms with Crippen molar-refractivity contribution in [3.05, 3.63) is 128 Å². The van der Waals surface area contributed by atoms with E-state index < -0.39 is 43.0 Å². The number of methoxy groups -OCH3 is 2. The summed E-state index contributed by atoms with van der Waals surface area (Å²) >= 11 is 0. The zero-order valence-electron chi connectivity index (χ0n) is 31.8. The maximum Gasteiger partial charge on any atom is 0.408 e. The van der Waals surface area contributed by atoms with Crippen LogP contribution in [0, 0.1) is 18.3 Å². The van der Waals surface area contributed by atoms with E-state index in [0.717, 1.165) is 16.7 Å². The Balaban J connectivity index is 1.66. The van der Waals surface area contributed by atoms with Crippen LogP contribution in [-0.2, 0) is 28.7 Å². The van der Waals surface area contributed by atoms with Crippen LogP contribution in [0.3, 0.4) is 0 Å². The summed E-state index contributed by atoms with van der Waals surface area (Å²) < 4.78 is 54.8. The van der Waals surface area contributed by atoms with Crippen molar-refractivity contribution < 1.29 is 32.6 Å². The maximum atomic E-state index is 14.6. The number of nitrogens with zero attached hydrogens (tertiary/aromatic N) is 3. The second-order valence-corrected chi connectivity index (χ2v) is 15.5. The number of benzene rings is 3. The fourth-order valence-electron chi connectivity index (χ4n) is 6.91. The van der Waals surface area contributed by atoms with E-state index in [9.17, 15) is 19.4 Å². The third kappa shape index (κ3) is 8.71. The van der Waals surface area contributed by atoms with E-state index in [-0.39, 0.29) is 38.1 Å². The molecule has 3 aromatic carbocycles. The summed E-state index contributed by atoms with van der Waals surface area (Å²) in [6, 6.07) is 26.5. The first-order valence-corrected chi connectivity index (χ1v) is 19.4. The van der Waals surface area contributed by atoms with Crippen molar-refractivity contribution in [2.45, 2.75) is 83.6 Å². The molecule has 5 rings (SSSR count). The Morgan fingerprint density at radius 3 is 1.98 bits per heavy atom. The molecule has 0 radical (unpaired) electrons. The second-order valence-electron chi connectivity index (χ2n) is 13.6. The summed E-state index contributed by atoms with van der Waals surface area (Å²) in [6.45, 7) is 8.81. The highest BCUT2D eigenvalue weighted by molar-refractivity contribution is 7.51. The number of rotatable bonds is 17. The Hall–Kier alpha value is -4.54. The molecule has 1 aliphatic heterocycles. The predicted octanol–water partition coefficient (Wildman–Crippen LogP) is 6.70. The number of aromatic amines is 1. The van der Waals surface area contributed by atoms with Gasteiger partial charge in [-0.3, -0.25) is 23.4 Å². The lowest BCUT2D eigenvalue weighted by Crippen LogP contribution is -2.41. The van der Waals surface area contributed by atoms with Crippen molar-refractivity contribution >= 4 is 7.75 Å². The normalized spacial score (nSPS) is 18.5. The van der Waals surface area contributed by atoms with Crippen LogP contribution in [0.5, 0.6) is 11.5 Å². The molecule has 0 saturated carbocycles. The third-order valence-electron chi connectivity index (χ3n) is 9.35. The van der Waals surface area contributed by atoms with Crippen LogP contribution in [0.1, 0.15) is 69.0 Å². The van der Waals surface area contributed by atoms with Crippen LogP contribution in [-0.4, -0.2) is 65.9 Å². The van der Waals surface area contributed by atoms with Gasteiger partial charge in [-0.1, -0.05) is 54.6 Å². The minimum Gasteiger partial charge on any atom is -0.497 e. The van der Waals surface area contributed by atoms with Crippen molar-refractivity contribution in [3.63, 3.8) is 0 Å². The highest BCUT2D eigenvalue weighted by atomic mass is 31.2. The summed E-state index contributed by atoms with van der Waals surface area (Å²) in [4.78, 5) is 27.9. The number of aryl methyl sites for hydroxylation is 1. The van der Waals surface area contributed by atoms with Gasteiger partial charge in [0.2, 0.25) is 0 Å². The average Bonchev–Trinajstić information content (AvgIpc) is 3.56. The molecule has 1 fully saturated rings. The molecule has 288 valence electrons. The van der Waals surface area contributed by atoms with Crippen LogP contribution in [0.15, 0.2) is 94.6 Å². The van der Waals surface area contributed by atoms with E-state index >= 15 is 0 Å². The Labute approximate surface area is 315 Å². The first-order chi connectivity index (χ1) is 25.9. The highest BCUT2D eigenvalue weighted by Gasteiger charge is 2.48. The fourth-order valence-corrected chi connectivity index (χ4v) is 9.04. The molecule has 1 aromatic heterocycles. The van der Waals surface area contributed by atoms with Gasteiger partial charge in [0.15, 0.2) is 0 Å². The lowest BCUT2D eigenvalue weighted by atomic mass is 9.79. The molecule has 54 heavy (non-hydrogen) atoms. The van der Waals surface area contributed by atoms with E-state index in [2.05, 4.69) is 4.98 Å². The van der Waals surface area contributed by atoms with Gasteiger partial charge in [0.25, 0.3) is 5.56 Å². The second kappa shape index (κ2) is 17.7. The molecule has 0 spiro atoms. The van der Waals surface area contributed by atoms with Gasteiger partial charge in [-0.25, -0.2) is 14.0 Å².